The van der Waals surface area contributed by atoms with E-state index in [0.717, 1.165) is 11.3 Å². The molecule has 1 aliphatic heterocycles. The highest BCUT2D eigenvalue weighted by molar-refractivity contribution is 7.98. The standard InChI is InChI=1S/C22H24N4O4S2/c1-16-8-9-18(32(28,29)25-10-12-30-13-11-25)14-19(16)24-21(27)20-15-23-22(31-2)26(20)17-6-4-3-5-7-17/h3-9,14-15H,10-13H2,1-2H3,(H,24,27). The Balaban J connectivity index is 1.65. The Bertz CT molecular complexity index is 1220. The van der Waals surface area contributed by atoms with Crippen molar-refractivity contribution in [1.82, 2.24) is 13.9 Å². The molecule has 0 spiro atoms. The van der Waals surface area contributed by atoms with Crippen LogP contribution in [0.3, 0.4) is 0 Å². The molecule has 32 heavy (non-hydrogen) atoms. The van der Waals surface area contributed by atoms with Crippen LogP contribution in [0.5, 0.6) is 0 Å². The molecule has 1 aromatic heterocycles. The van der Waals surface area contributed by atoms with Gasteiger partial charge in [-0.3, -0.25) is 9.36 Å². The van der Waals surface area contributed by atoms with E-state index in [1.165, 1.54) is 28.3 Å². The third kappa shape index (κ3) is 4.44. The lowest BCUT2D eigenvalue weighted by Crippen LogP contribution is -2.40. The fourth-order valence-corrected chi connectivity index (χ4v) is 5.46. The average molecular weight is 473 g/mol. The zero-order valence-electron chi connectivity index (χ0n) is 17.8. The second-order valence-corrected chi connectivity index (χ2v) is 9.96. The summed E-state index contributed by atoms with van der Waals surface area (Å²) < 4.78 is 34.5. The van der Waals surface area contributed by atoms with Gasteiger partial charge in [0.15, 0.2) is 5.16 Å². The molecule has 0 aliphatic carbocycles. The van der Waals surface area contributed by atoms with Crippen LogP contribution in [-0.4, -0.2) is 60.7 Å². The minimum absolute atomic E-state index is 0.140. The first-order chi connectivity index (χ1) is 15.4. The molecule has 0 atom stereocenters. The molecule has 0 unspecified atom stereocenters. The third-order valence-electron chi connectivity index (χ3n) is 5.22. The number of hydrogen-bond acceptors (Lipinski definition) is 6. The van der Waals surface area contributed by atoms with Crippen LogP contribution in [0, 0.1) is 6.92 Å². The van der Waals surface area contributed by atoms with Crippen molar-refractivity contribution in [2.75, 3.05) is 37.9 Å². The van der Waals surface area contributed by atoms with Crippen LogP contribution in [0.1, 0.15) is 16.1 Å². The summed E-state index contributed by atoms with van der Waals surface area (Å²) in [6, 6.07) is 14.3. The van der Waals surface area contributed by atoms with Gasteiger partial charge in [-0.1, -0.05) is 36.0 Å². The number of imidazole rings is 1. The van der Waals surface area contributed by atoms with Crippen LogP contribution in [0.4, 0.5) is 5.69 Å². The molecule has 1 aliphatic rings. The van der Waals surface area contributed by atoms with E-state index >= 15 is 0 Å². The number of thioether (sulfide) groups is 1. The Hall–Kier alpha value is -2.66. The summed E-state index contributed by atoms with van der Waals surface area (Å²) in [5.74, 6) is -0.370. The summed E-state index contributed by atoms with van der Waals surface area (Å²) in [7, 11) is -3.67. The largest absolute Gasteiger partial charge is 0.379 e. The van der Waals surface area contributed by atoms with Gasteiger partial charge in [0.2, 0.25) is 10.0 Å². The van der Waals surface area contributed by atoms with Gasteiger partial charge in [0.05, 0.1) is 24.3 Å². The molecule has 0 saturated carbocycles. The number of hydrogen-bond donors (Lipinski definition) is 1. The molecule has 3 aromatic rings. The summed E-state index contributed by atoms with van der Waals surface area (Å²) in [6.45, 7) is 3.19. The molecule has 1 fully saturated rings. The lowest BCUT2D eigenvalue weighted by molar-refractivity contribution is 0.0730. The Kier molecular flexibility index (Phi) is 6.66. The minimum Gasteiger partial charge on any atom is -0.379 e. The molecule has 0 bridgehead atoms. The van der Waals surface area contributed by atoms with Gasteiger partial charge in [0, 0.05) is 24.5 Å². The van der Waals surface area contributed by atoms with Crippen molar-refractivity contribution >= 4 is 33.4 Å². The molecule has 4 rings (SSSR count). The van der Waals surface area contributed by atoms with E-state index in [4.69, 9.17) is 4.74 Å². The van der Waals surface area contributed by atoms with E-state index in [-0.39, 0.29) is 10.8 Å². The first-order valence-corrected chi connectivity index (χ1v) is 12.8. The molecule has 1 saturated heterocycles. The summed E-state index contributed by atoms with van der Waals surface area (Å²) >= 11 is 1.44. The van der Waals surface area contributed by atoms with Crippen LogP contribution < -0.4 is 5.32 Å². The maximum absolute atomic E-state index is 13.2. The van der Waals surface area contributed by atoms with E-state index in [0.29, 0.717) is 42.8 Å². The molecular formula is C22H24N4O4S2. The molecule has 168 valence electrons. The second kappa shape index (κ2) is 9.45. The van der Waals surface area contributed by atoms with Crippen molar-refractivity contribution in [2.45, 2.75) is 17.0 Å². The smallest absolute Gasteiger partial charge is 0.274 e. The van der Waals surface area contributed by atoms with Gasteiger partial charge in [-0.2, -0.15) is 4.31 Å². The average Bonchev–Trinajstić information content (AvgIpc) is 3.26. The minimum atomic E-state index is -3.67. The lowest BCUT2D eigenvalue weighted by Gasteiger charge is -2.26. The highest BCUT2D eigenvalue weighted by Crippen LogP contribution is 2.26. The predicted molar refractivity (Wildman–Crippen MR) is 124 cm³/mol. The molecule has 2 heterocycles. The van der Waals surface area contributed by atoms with Gasteiger partial charge in [0.25, 0.3) is 5.91 Å². The normalized spacial score (nSPS) is 14.9. The van der Waals surface area contributed by atoms with Gasteiger partial charge in [-0.25, -0.2) is 13.4 Å². The van der Waals surface area contributed by atoms with Crippen molar-refractivity contribution in [1.29, 1.82) is 0 Å². The number of nitrogens with zero attached hydrogens (tertiary/aromatic N) is 3. The number of carbonyl (C=O) groups is 1. The summed E-state index contributed by atoms with van der Waals surface area (Å²) in [5, 5.41) is 3.55. The number of aryl methyl sites for hydroxylation is 1. The Morgan fingerprint density at radius 1 is 1.12 bits per heavy atom. The third-order valence-corrected chi connectivity index (χ3v) is 7.77. The van der Waals surface area contributed by atoms with Gasteiger partial charge >= 0.3 is 0 Å². The monoisotopic (exact) mass is 472 g/mol. The number of rotatable bonds is 6. The van der Waals surface area contributed by atoms with E-state index in [9.17, 15) is 13.2 Å². The van der Waals surface area contributed by atoms with Crippen molar-refractivity contribution in [3.8, 4) is 5.69 Å². The highest BCUT2D eigenvalue weighted by atomic mass is 32.2. The number of nitrogens with one attached hydrogen (secondary N) is 1. The zero-order chi connectivity index (χ0) is 22.7. The fourth-order valence-electron chi connectivity index (χ4n) is 3.48. The van der Waals surface area contributed by atoms with Crippen LogP contribution in [0.2, 0.25) is 0 Å². The van der Waals surface area contributed by atoms with E-state index < -0.39 is 10.0 Å². The van der Waals surface area contributed by atoms with E-state index in [1.807, 2.05) is 43.5 Å². The number of aromatic nitrogens is 2. The maximum atomic E-state index is 13.2. The first kappa shape index (κ1) is 22.5. The summed E-state index contributed by atoms with van der Waals surface area (Å²) in [6.07, 6.45) is 3.42. The van der Waals surface area contributed by atoms with Gasteiger partial charge in [0.1, 0.15) is 5.69 Å². The Morgan fingerprint density at radius 2 is 1.84 bits per heavy atom. The summed E-state index contributed by atoms with van der Waals surface area (Å²) in [4.78, 5) is 17.7. The highest BCUT2D eigenvalue weighted by Gasteiger charge is 2.27. The van der Waals surface area contributed by atoms with Crippen LogP contribution in [0.15, 0.2) is 64.8 Å². The van der Waals surface area contributed by atoms with E-state index in [1.54, 1.807) is 16.7 Å². The summed E-state index contributed by atoms with van der Waals surface area (Å²) in [5.41, 5.74) is 2.38. The molecule has 10 heteroatoms. The van der Waals surface area contributed by atoms with Crippen molar-refractivity contribution in [3.05, 3.63) is 66.0 Å². The Morgan fingerprint density at radius 3 is 2.53 bits per heavy atom. The lowest BCUT2D eigenvalue weighted by atomic mass is 10.2. The number of anilines is 1. The number of para-hydroxylation sites is 1. The van der Waals surface area contributed by atoms with E-state index in [2.05, 4.69) is 10.3 Å². The fraction of sp³-hybridized carbons (Fsp3) is 0.273. The number of carbonyl (C=O) groups excluding carboxylic acids is 1. The molecular weight excluding hydrogens is 448 g/mol. The second-order valence-electron chi connectivity index (χ2n) is 7.25. The van der Waals surface area contributed by atoms with Gasteiger partial charge < -0.3 is 10.1 Å². The maximum Gasteiger partial charge on any atom is 0.274 e. The van der Waals surface area contributed by atoms with Gasteiger partial charge in [-0.05, 0) is 43.0 Å². The number of sulfonamides is 1. The molecule has 0 radical (unpaired) electrons. The molecule has 1 amide bonds. The molecule has 2 aromatic carbocycles. The number of ether oxygens (including phenoxy) is 1. The number of benzene rings is 2. The number of amides is 1. The quantitative estimate of drug-likeness (QED) is 0.554. The molecule has 1 N–H and O–H groups in total. The van der Waals surface area contributed by atoms with Crippen molar-refractivity contribution < 1.29 is 17.9 Å². The van der Waals surface area contributed by atoms with Crippen LogP contribution in [-0.2, 0) is 14.8 Å². The first-order valence-electron chi connectivity index (χ1n) is 10.1. The van der Waals surface area contributed by atoms with Crippen molar-refractivity contribution in [2.24, 2.45) is 0 Å². The van der Waals surface area contributed by atoms with Gasteiger partial charge in [-0.15, -0.1) is 0 Å². The van der Waals surface area contributed by atoms with Crippen LogP contribution in [0.25, 0.3) is 5.69 Å². The Labute approximate surface area is 191 Å². The van der Waals surface area contributed by atoms with Crippen molar-refractivity contribution in [3.63, 3.8) is 0 Å². The molecule has 8 nitrogen and oxygen atoms in total. The number of morpholine rings is 1. The zero-order valence-corrected chi connectivity index (χ0v) is 19.4. The predicted octanol–water partition coefficient (Wildman–Crippen LogP) is 3.18. The topological polar surface area (TPSA) is 93.5 Å². The SMILES string of the molecule is CSc1ncc(C(=O)Nc2cc(S(=O)(=O)N3CCOCC3)ccc2C)n1-c1ccccc1. The van der Waals surface area contributed by atoms with Crippen LogP contribution >= 0.6 is 11.8 Å².